The molecule has 0 saturated carbocycles. The predicted octanol–water partition coefficient (Wildman–Crippen LogP) is 3.19. The van der Waals surface area contributed by atoms with Crippen LogP contribution < -0.4 is 9.16 Å². The second kappa shape index (κ2) is 6.10. The Kier molecular flexibility index (Phi) is 5.00. The van der Waals surface area contributed by atoms with Crippen molar-refractivity contribution in [2.24, 2.45) is 0 Å². The summed E-state index contributed by atoms with van der Waals surface area (Å²) in [5.41, 5.74) is 0.800. The minimum absolute atomic E-state index is 0.284. The van der Waals surface area contributed by atoms with Gasteiger partial charge in [0.2, 0.25) is 8.32 Å². The van der Waals surface area contributed by atoms with Gasteiger partial charge in [0, 0.05) is 5.56 Å². The van der Waals surface area contributed by atoms with Crippen LogP contribution in [0.15, 0.2) is 18.2 Å². The van der Waals surface area contributed by atoms with E-state index in [0.29, 0.717) is 5.75 Å². The van der Waals surface area contributed by atoms with E-state index >= 15 is 0 Å². The van der Waals surface area contributed by atoms with Crippen molar-refractivity contribution in [3.05, 3.63) is 23.8 Å². The monoisotopic (exact) mass is 282 g/mol. The highest BCUT2D eigenvalue weighted by atomic mass is 28.4. The molecule has 0 saturated heterocycles. The van der Waals surface area contributed by atoms with Gasteiger partial charge in [-0.1, -0.05) is 0 Å². The Morgan fingerprint density at radius 1 is 1.21 bits per heavy atom. The summed E-state index contributed by atoms with van der Waals surface area (Å²) < 4.78 is 16.0. The second-order valence-corrected chi connectivity index (χ2v) is 9.79. The fourth-order valence-corrected chi connectivity index (χ4v) is 2.56. The lowest BCUT2D eigenvalue weighted by Gasteiger charge is -2.23. The molecule has 0 bridgehead atoms. The fourth-order valence-electron chi connectivity index (χ4n) is 1.72. The summed E-state index contributed by atoms with van der Waals surface area (Å²) in [4.78, 5) is 11.7. The maximum absolute atomic E-state index is 11.7. The Bertz CT molecular complexity index is 451. The molecule has 1 aromatic rings. The van der Waals surface area contributed by atoms with Crippen LogP contribution >= 0.6 is 0 Å². The number of carbonyl (C=O) groups excluding carboxylic acids is 1. The van der Waals surface area contributed by atoms with Gasteiger partial charge in [-0.15, -0.1) is 0 Å². The quantitative estimate of drug-likeness (QED) is 0.614. The van der Waals surface area contributed by atoms with Crippen LogP contribution in [0.25, 0.3) is 0 Å². The van der Waals surface area contributed by atoms with Crippen LogP contribution in [0.1, 0.15) is 18.4 Å². The Labute approximate surface area is 115 Å². The number of benzene rings is 1. The van der Waals surface area contributed by atoms with Crippen molar-refractivity contribution in [3.8, 4) is 11.5 Å². The van der Waals surface area contributed by atoms with E-state index in [1.807, 2.05) is 18.2 Å². The normalized spacial score (nSPS) is 12.7. The molecule has 0 amide bonds. The van der Waals surface area contributed by atoms with E-state index in [4.69, 9.17) is 13.9 Å². The van der Waals surface area contributed by atoms with Crippen LogP contribution in [-0.4, -0.2) is 28.5 Å². The van der Waals surface area contributed by atoms with E-state index in [1.165, 1.54) is 7.11 Å². The van der Waals surface area contributed by atoms with Gasteiger partial charge in [0.05, 0.1) is 20.1 Å². The lowest BCUT2D eigenvalue weighted by Crippen LogP contribution is -2.30. The smallest absolute Gasteiger partial charge is 0.312 e. The maximum atomic E-state index is 11.7. The standard InChI is InChI=1S/C14H22O4Si/c1-10(14(15)17-3)12-9-11(16-2)7-8-13(12)18-19(4,5)6/h7-10H,1-6H3. The molecule has 0 aliphatic carbocycles. The summed E-state index contributed by atoms with van der Waals surface area (Å²) >= 11 is 0. The molecule has 0 spiro atoms. The highest BCUT2D eigenvalue weighted by Gasteiger charge is 2.24. The zero-order valence-electron chi connectivity index (χ0n) is 12.4. The molecule has 106 valence electrons. The minimum atomic E-state index is -1.74. The zero-order valence-corrected chi connectivity index (χ0v) is 13.4. The third-order valence-electron chi connectivity index (χ3n) is 2.65. The largest absolute Gasteiger partial charge is 0.544 e. The van der Waals surface area contributed by atoms with Crippen LogP contribution in [-0.2, 0) is 9.53 Å². The Morgan fingerprint density at radius 2 is 1.84 bits per heavy atom. The third kappa shape index (κ3) is 4.27. The highest BCUT2D eigenvalue weighted by Crippen LogP contribution is 2.32. The third-order valence-corrected chi connectivity index (χ3v) is 3.49. The molecule has 0 aliphatic heterocycles. The molecule has 0 radical (unpaired) electrons. The van der Waals surface area contributed by atoms with Crippen molar-refractivity contribution < 1.29 is 18.7 Å². The van der Waals surface area contributed by atoms with Crippen molar-refractivity contribution in [2.45, 2.75) is 32.5 Å². The second-order valence-electron chi connectivity index (χ2n) is 5.36. The van der Waals surface area contributed by atoms with Crippen molar-refractivity contribution in [1.82, 2.24) is 0 Å². The molecular formula is C14H22O4Si. The van der Waals surface area contributed by atoms with Crippen LogP contribution in [0.2, 0.25) is 19.6 Å². The summed E-state index contributed by atoms with van der Waals surface area (Å²) in [6, 6.07) is 5.52. The summed E-state index contributed by atoms with van der Waals surface area (Å²) in [5.74, 6) is 0.770. The molecular weight excluding hydrogens is 260 g/mol. The molecule has 4 nitrogen and oxygen atoms in total. The zero-order chi connectivity index (χ0) is 14.6. The maximum Gasteiger partial charge on any atom is 0.312 e. The minimum Gasteiger partial charge on any atom is -0.544 e. The van der Waals surface area contributed by atoms with Crippen molar-refractivity contribution in [3.63, 3.8) is 0 Å². The number of carbonyl (C=O) groups is 1. The molecule has 19 heavy (non-hydrogen) atoms. The van der Waals surface area contributed by atoms with Gasteiger partial charge in [-0.3, -0.25) is 4.79 Å². The van der Waals surface area contributed by atoms with E-state index in [2.05, 4.69) is 19.6 Å². The number of hydrogen-bond donors (Lipinski definition) is 0. The van der Waals surface area contributed by atoms with Crippen molar-refractivity contribution in [1.29, 1.82) is 0 Å². The summed E-state index contributed by atoms with van der Waals surface area (Å²) in [6.45, 7) is 8.11. The molecule has 1 rings (SSSR count). The van der Waals surface area contributed by atoms with Gasteiger partial charge in [0.15, 0.2) is 0 Å². The van der Waals surface area contributed by atoms with Gasteiger partial charge in [0.1, 0.15) is 11.5 Å². The average Bonchev–Trinajstić information content (AvgIpc) is 2.35. The van der Waals surface area contributed by atoms with Gasteiger partial charge >= 0.3 is 5.97 Å². The molecule has 5 heteroatoms. The van der Waals surface area contributed by atoms with Gasteiger partial charge in [-0.05, 0) is 44.8 Å². The first-order valence-electron chi connectivity index (χ1n) is 6.23. The first-order chi connectivity index (χ1) is 8.78. The van der Waals surface area contributed by atoms with Crippen LogP contribution in [0.5, 0.6) is 11.5 Å². The van der Waals surface area contributed by atoms with Gasteiger partial charge in [-0.25, -0.2) is 0 Å². The number of esters is 1. The van der Waals surface area contributed by atoms with E-state index in [-0.39, 0.29) is 11.9 Å². The lowest BCUT2D eigenvalue weighted by molar-refractivity contribution is -0.142. The Balaban J connectivity index is 3.19. The molecule has 1 unspecified atom stereocenters. The van der Waals surface area contributed by atoms with Crippen molar-refractivity contribution in [2.75, 3.05) is 14.2 Å². The summed E-state index contributed by atoms with van der Waals surface area (Å²) in [5, 5.41) is 0. The van der Waals surface area contributed by atoms with Gasteiger partial charge in [0.25, 0.3) is 0 Å². The predicted molar refractivity (Wildman–Crippen MR) is 77.4 cm³/mol. The molecule has 0 aromatic heterocycles. The Hall–Kier alpha value is -1.49. The molecule has 0 N–H and O–H groups in total. The number of rotatable bonds is 5. The summed E-state index contributed by atoms with van der Waals surface area (Å²) in [6.07, 6.45) is 0. The van der Waals surface area contributed by atoms with Gasteiger partial charge < -0.3 is 13.9 Å². The van der Waals surface area contributed by atoms with E-state index in [0.717, 1.165) is 11.3 Å². The molecule has 0 heterocycles. The first-order valence-corrected chi connectivity index (χ1v) is 9.64. The molecule has 1 atom stereocenters. The van der Waals surface area contributed by atoms with Crippen molar-refractivity contribution >= 4 is 14.3 Å². The topological polar surface area (TPSA) is 44.8 Å². The van der Waals surface area contributed by atoms with E-state index in [1.54, 1.807) is 14.0 Å². The van der Waals surface area contributed by atoms with E-state index < -0.39 is 8.32 Å². The van der Waals surface area contributed by atoms with Gasteiger partial charge in [-0.2, -0.15) is 0 Å². The fraction of sp³-hybridized carbons (Fsp3) is 0.500. The number of ether oxygens (including phenoxy) is 2. The average molecular weight is 282 g/mol. The van der Waals surface area contributed by atoms with Crippen LogP contribution in [0, 0.1) is 0 Å². The lowest BCUT2D eigenvalue weighted by atomic mass is 10.00. The van der Waals surface area contributed by atoms with E-state index in [9.17, 15) is 4.79 Å². The molecule has 0 fully saturated rings. The van der Waals surface area contributed by atoms with Crippen LogP contribution in [0.4, 0.5) is 0 Å². The number of hydrogen-bond acceptors (Lipinski definition) is 4. The van der Waals surface area contributed by atoms with Crippen LogP contribution in [0.3, 0.4) is 0 Å². The molecule has 1 aromatic carbocycles. The SMILES string of the molecule is COC(=O)C(C)c1cc(OC)ccc1O[Si](C)(C)C. The highest BCUT2D eigenvalue weighted by molar-refractivity contribution is 6.70. The summed E-state index contributed by atoms with van der Waals surface area (Å²) in [7, 11) is 1.24. The Morgan fingerprint density at radius 3 is 2.32 bits per heavy atom. The number of methoxy groups -OCH3 is 2. The molecule has 0 aliphatic rings. The first kappa shape index (κ1) is 15.6.